The van der Waals surface area contributed by atoms with Gasteiger partial charge in [0, 0.05) is 24.1 Å². The zero-order valence-electron chi connectivity index (χ0n) is 20.3. The summed E-state index contributed by atoms with van der Waals surface area (Å²) >= 11 is 0. The molecule has 0 bridgehead atoms. The first-order valence-corrected chi connectivity index (χ1v) is 11.8. The lowest BCUT2D eigenvalue weighted by atomic mass is 9.94. The van der Waals surface area contributed by atoms with E-state index < -0.39 is 29.4 Å². The zero-order chi connectivity index (χ0) is 26.7. The molecule has 38 heavy (non-hydrogen) atoms. The van der Waals surface area contributed by atoms with E-state index in [1.54, 1.807) is 42.5 Å². The van der Waals surface area contributed by atoms with Crippen molar-refractivity contribution >= 4 is 34.4 Å². The van der Waals surface area contributed by atoms with Crippen LogP contribution in [0.4, 0.5) is 14.7 Å². The Morgan fingerprint density at radius 2 is 1.92 bits per heavy atom. The minimum atomic E-state index is -1.11. The standard InChI is InChI=1S/C28H21F2N3O5/c1-13-8-16-9-15(6-7-22(16)38-13)25(34)23-24(14-4-3-5-17(10-14)37-2)33(27(36)26(23)35)28-31-20-11-18(29)19(30)12-21(20)32-28/h3-7,9-13,24,34H,8H2,1-2H3,(H,31,32)/b25-23+. The molecule has 0 saturated carbocycles. The first-order chi connectivity index (χ1) is 18.2. The second-order valence-electron chi connectivity index (χ2n) is 9.24. The predicted octanol–water partition coefficient (Wildman–Crippen LogP) is 4.80. The monoisotopic (exact) mass is 517 g/mol. The average Bonchev–Trinajstić information content (AvgIpc) is 3.56. The molecule has 192 valence electrons. The van der Waals surface area contributed by atoms with Crippen LogP contribution in [0, 0.1) is 11.6 Å². The molecule has 10 heteroatoms. The van der Waals surface area contributed by atoms with Crippen LogP contribution in [0.15, 0.2) is 60.2 Å². The Balaban J connectivity index is 1.55. The summed E-state index contributed by atoms with van der Waals surface area (Å²) in [6, 6.07) is 12.5. The number of halogens is 2. The van der Waals surface area contributed by atoms with Gasteiger partial charge in [0.1, 0.15) is 23.4 Å². The molecule has 2 N–H and O–H groups in total. The number of amides is 1. The number of Topliss-reactive ketones (excluding diaryl/α,β-unsaturated/α-hetero) is 1. The molecule has 2 aliphatic rings. The van der Waals surface area contributed by atoms with Crippen molar-refractivity contribution in [2.24, 2.45) is 0 Å². The summed E-state index contributed by atoms with van der Waals surface area (Å²) in [6.07, 6.45) is 0.614. The maximum absolute atomic E-state index is 13.9. The minimum Gasteiger partial charge on any atom is -0.507 e. The highest BCUT2D eigenvalue weighted by Crippen LogP contribution is 2.43. The Hall–Kier alpha value is -4.73. The molecule has 1 amide bonds. The van der Waals surface area contributed by atoms with Crippen LogP contribution in [0.1, 0.15) is 29.7 Å². The molecule has 1 aromatic heterocycles. The zero-order valence-corrected chi connectivity index (χ0v) is 20.3. The number of rotatable bonds is 4. The van der Waals surface area contributed by atoms with Gasteiger partial charge in [0.15, 0.2) is 11.6 Å². The van der Waals surface area contributed by atoms with Crippen molar-refractivity contribution in [2.45, 2.75) is 25.5 Å². The predicted molar refractivity (Wildman–Crippen MR) is 134 cm³/mol. The van der Waals surface area contributed by atoms with E-state index in [1.165, 1.54) is 7.11 Å². The summed E-state index contributed by atoms with van der Waals surface area (Å²) in [6.45, 7) is 1.93. The molecule has 2 unspecified atom stereocenters. The molecule has 4 aromatic rings. The molecule has 6 rings (SSSR count). The number of carbonyl (C=O) groups is 2. The molecular formula is C28H21F2N3O5. The number of hydrogen-bond acceptors (Lipinski definition) is 6. The third-order valence-electron chi connectivity index (χ3n) is 6.76. The first kappa shape index (κ1) is 23.7. The highest BCUT2D eigenvalue weighted by Gasteiger charge is 2.48. The highest BCUT2D eigenvalue weighted by molar-refractivity contribution is 6.51. The number of fused-ring (bicyclic) bond motifs is 2. The van der Waals surface area contributed by atoms with E-state index >= 15 is 0 Å². The number of aliphatic hydroxyl groups excluding tert-OH is 1. The van der Waals surface area contributed by atoms with Gasteiger partial charge in [-0.05, 0) is 48.4 Å². The van der Waals surface area contributed by atoms with E-state index in [9.17, 15) is 23.5 Å². The van der Waals surface area contributed by atoms with Gasteiger partial charge in [-0.25, -0.2) is 13.8 Å². The number of nitrogens with one attached hydrogen (secondary N) is 1. The number of H-pyrrole nitrogens is 1. The van der Waals surface area contributed by atoms with Crippen LogP contribution in [0.5, 0.6) is 11.5 Å². The van der Waals surface area contributed by atoms with Crippen LogP contribution >= 0.6 is 0 Å². The smallest absolute Gasteiger partial charge is 0.302 e. The lowest BCUT2D eigenvalue weighted by Crippen LogP contribution is -2.30. The summed E-state index contributed by atoms with van der Waals surface area (Å²) in [5.74, 6) is -3.39. The van der Waals surface area contributed by atoms with Crippen molar-refractivity contribution < 1.29 is 33.0 Å². The molecule has 3 aromatic carbocycles. The number of methoxy groups -OCH3 is 1. The number of anilines is 1. The van der Waals surface area contributed by atoms with Gasteiger partial charge in [-0.3, -0.25) is 14.5 Å². The highest BCUT2D eigenvalue weighted by atomic mass is 19.2. The molecule has 0 spiro atoms. The second-order valence-corrected chi connectivity index (χ2v) is 9.24. The van der Waals surface area contributed by atoms with Gasteiger partial charge < -0.3 is 19.6 Å². The SMILES string of the molecule is COc1cccc(C2/C(=C(\O)c3ccc4c(c3)CC(C)O4)C(=O)C(=O)N2c2nc3cc(F)c(F)cc3[nH]2)c1. The maximum Gasteiger partial charge on any atom is 0.302 e. The van der Waals surface area contributed by atoms with Crippen molar-refractivity contribution in [2.75, 3.05) is 12.0 Å². The topological polar surface area (TPSA) is 105 Å². The molecule has 2 aliphatic heterocycles. The normalized spacial score (nSPS) is 20.2. The second kappa shape index (κ2) is 8.69. The van der Waals surface area contributed by atoms with Gasteiger partial charge in [-0.15, -0.1) is 0 Å². The number of ether oxygens (including phenoxy) is 2. The number of carbonyl (C=O) groups excluding carboxylic acids is 2. The Bertz CT molecular complexity index is 1640. The van der Waals surface area contributed by atoms with E-state index in [0.29, 0.717) is 29.0 Å². The van der Waals surface area contributed by atoms with Gasteiger partial charge >= 0.3 is 5.91 Å². The number of nitrogens with zero attached hydrogens (tertiary/aromatic N) is 2. The summed E-state index contributed by atoms with van der Waals surface area (Å²) < 4.78 is 38.8. The third-order valence-corrected chi connectivity index (χ3v) is 6.76. The number of benzene rings is 3. The van der Waals surface area contributed by atoms with Crippen molar-refractivity contribution in [1.82, 2.24) is 9.97 Å². The minimum absolute atomic E-state index is 0.0208. The Labute approximate surface area is 215 Å². The average molecular weight is 517 g/mol. The fourth-order valence-corrected chi connectivity index (χ4v) is 5.01. The van der Waals surface area contributed by atoms with Gasteiger partial charge in [0.2, 0.25) is 5.95 Å². The maximum atomic E-state index is 13.9. The third kappa shape index (κ3) is 3.68. The fourth-order valence-electron chi connectivity index (χ4n) is 5.01. The van der Waals surface area contributed by atoms with Gasteiger partial charge in [-0.2, -0.15) is 0 Å². The molecule has 0 radical (unpaired) electrons. The number of aliphatic hydroxyl groups is 1. The van der Waals surface area contributed by atoms with Crippen LogP contribution < -0.4 is 14.4 Å². The largest absolute Gasteiger partial charge is 0.507 e. The van der Waals surface area contributed by atoms with Crippen LogP contribution in [-0.4, -0.2) is 40.0 Å². The van der Waals surface area contributed by atoms with E-state index in [1.807, 2.05) is 6.92 Å². The summed E-state index contributed by atoms with van der Waals surface area (Å²) in [5.41, 5.74) is 1.72. The van der Waals surface area contributed by atoms with Crippen LogP contribution in [0.2, 0.25) is 0 Å². The molecule has 1 saturated heterocycles. The lowest BCUT2D eigenvalue weighted by molar-refractivity contribution is -0.132. The number of imidazole rings is 1. The summed E-state index contributed by atoms with van der Waals surface area (Å²) in [5, 5.41) is 11.4. The number of hydrogen-bond donors (Lipinski definition) is 2. The fraction of sp³-hybridized carbons (Fsp3) is 0.179. The number of ketones is 1. The van der Waals surface area contributed by atoms with Crippen molar-refractivity contribution in [3.8, 4) is 11.5 Å². The van der Waals surface area contributed by atoms with Crippen LogP contribution in [-0.2, 0) is 16.0 Å². The Morgan fingerprint density at radius 1 is 1.13 bits per heavy atom. The molecule has 0 aliphatic carbocycles. The van der Waals surface area contributed by atoms with Crippen molar-refractivity contribution in [3.63, 3.8) is 0 Å². The molecule has 2 atom stereocenters. The number of aromatic amines is 1. The van der Waals surface area contributed by atoms with Crippen molar-refractivity contribution in [1.29, 1.82) is 0 Å². The van der Waals surface area contributed by atoms with E-state index in [2.05, 4.69) is 9.97 Å². The van der Waals surface area contributed by atoms with Gasteiger partial charge in [0.05, 0.1) is 29.8 Å². The lowest BCUT2D eigenvalue weighted by Gasteiger charge is -2.23. The Morgan fingerprint density at radius 3 is 2.71 bits per heavy atom. The summed E-state index contributed by atoms with van der Waals surface area (Å²) in [7, 11) is 1.48. The molecular weight excluding hydrogens is 496 g/mol. The molecule has 1 fully saturated rings. The summed E-state index contributed by atoms with van der Waals surface area (Å²) in [4.78, 5) is 35.0. The van der Waals surface area contributed by atoms with Gasteiger partial charge in [0.25, 0.3) is 5.78 Å². The quantitative estimate of drug-likeness (QED) is 0.229. The molecule has 3 heterocycles. The first-order valence-electron chi connectivity index (χ1n) is 11.8. The van der Waals surface area contributed by atoms with Crippen LogP contribution in [0.3, 0.4) is 0 Å². The van der Waals surface area contributed by atoms with Crippen molar-refractivity contribution in [3.05, 3.63) is 88.5 Å². The van der Waals surface area contributed by atoms with E-state index in [-0.39, 0.29) is 34.4 Å². The molecule has 8 nitrogen and oxygen atoms in total. The van der Waals surface area contributed by atoms with E-state index in [4.69, 9.17) is 9.47 Å². The number of aromatic nitrogens is 2. The Kier molecular flexibility index (Phi) is 5.41. The van der Waals surface area contributed by atoms with Crippen LogP contribution in [0.25, 0.3) is 16.8 Å². The van der Waals surface area contributed by atoms with E-state index in [0.717, 1.165) is 22.6 Å². The van der Waals surface area contributed by atoms with Gasteiger partial charge in [-0.1, -0.05) is 12.1 Å².